The van der Waals surface area contributed by atoms with Gasteiger partial charge in [0.2, 0.25) is 5.91 Å². The zero-order valence-electron chi connectivity index (χ0n) is 19.4. The van der Waals surface area contributed by atoms with Crippen LogP contribution in [0.1, 0.15) is 43.6 Å². The van der Waals surface area contributed by atoms with Crippen LogP contribution in [-0.4, -0.2) is 49.0 Å². The SMILES string of the molecule is CCN(CC)CCOc1ccccc1CNC(=O)C(NC(=O)c1ccccc1Cl)C(C)C. The van der Waals surface area contributed by atoms with Crippen molar-refractivity contribution in [3.63, 3.8) is 0 Å². The Bertz CT molecular complexity index is 884. The standard InChI is InChI=1S/C25H34ClN3O3/c1-5-29(6-2)15-16-32-22-14-10-7-11-19(22)17-27-25(31)23(18(3)4)28-24(30)20-12-8-9-13-21(20)26/h7-14,18,23H,5-6,15-17H2,1-4H3,(H,27,31)(H,28,30). The Kier molecular flexibility index (Phi) is 10.5. The van der Waals surface area contributed by atoms with Gasteiger partial charge in [-0.15, -0.1) is 0 Å². The molecule has 1 atom stereocenters. The van der Waals surface area contributed by atoms with Crippen molar-refractivity contribution in [2.45, 2.75) is 40.3 Å². The lowest BCUT2D eigenvalue weighted by atomic mass is 10.0. The maximum atomic E-state index is 12.9. The van der Waals surface area contributed by atoms with Crippen LogP contribution >= 0.6 is 11.6 Å². The number of ether oxygens (including phenoxy) is 1. The number of amides is 2. The van der Waals surface area contributed by atoms with Gasteiger partial charge >= 0.3 is 0 Å². The quantitative estimate of drug-likeness (QED) is 0.500. The molecule has 7 heteroatoms. The molecule has 0 aliphatic rings. The van der Waals surface area contributed by atoms with Crippen LogP contribution in [0, 0.1) is 5.92 Å². The average Bonchev–Trinajstić information content (AvgIpc) is 2.79. The number of nitrogens with one attached hydrogen (secondary N) is 2. The van der Waals surface area contributed by atoms with Crippen molar-refractivity contribution in [1.29, 1.82) is 0 Å². The topological polar surface area (TPSA) is 70.7 Å². The van der Waals surface area contributed by atoms with Gasteiger partial charge in [-0.2, -0.15) is 0 Å². The highest BCUT2D eigenvalue weighted by Crippen LogP contribution is 2.18. The third-order valence-electron chi connectivity index (χ3n) is 5.34. The molecule has 0 heterocycles. The van der Waals surface area contributed by atoms with Crippen molar-refractivity contribution in [2.24, 2.45) is 5.92 Å². The summed E-state index contributed by atoms with van der Waals surface area (Å²) in [5.74, 6) is 0.0334. The van der Waals surface area contributed by atoms with E-state index < -0.39 is 6.04 Å². The first-order valence-electron chi connectivity index (χ1n) is 11.1. The summed E-state index contributed by atoms with van der Waals surface area (Å²) in [7, 11) is 0. The first-order valence-corrected chi connectivity index (χ1v) is 11.5. The van der Waals surface area contributed by atoms with Crippen molar-refractivity contribution in [3.8, 4) is 5.75 Å². The minimum atomic E-state index is -0.686. The molecule has 32 heavy (non-hydrogen) atoms. The highest BCUT2D eigenvalue weighted by atomic mass is 35.5. The largest absolute Gasteiger partial charge is 0.492 e. The van der Waals surface area contributed by atoms with Gasteiger partial charge in [0.15, 0.2) is 0 Å². The second kappa shape index (κ2) is 13.1. The lowest BCUT2D eigenvalue weighted by Crippen LogP contribution is -2.49. The van der Waals surface area contributed by atoms with Gasteiger partial charge in [0.1, 0.15) is 18.4 Å². The van der Waals surface area contributed by atoms with Crippen LogP contribution in [0.3, 0.4) is 0 Å². The second-order valence-electron chi connectivity index (χ2n) is 7.88. The van der Waals surface area contributed by atoms with E-state index in [2.05, 4.69) is 29.4 Å². The zero-order chi connectivity index (χ0) is 23.5. The van der Waals surface area contributed by atoms with Gasteiger partial charge in [0.05, 0.1) is 10.6 Å². The second-order valence-corrected chi connectivity index (χ2v) is 8.28. The number of carbonyl (C=O) groups excluding carboxylic acids is 2. The third kappa shape index (κ3) is 7.53. The minimum Gasteiger partial charge on any atom is -0.492 e. The summed E-state index contributed by atoms with van der Waals surface area (Å²) in [6, 6.07) is 13.8. The Labute approximate surface area is 196 Å². The van der Waals surface area contributed by atoms with Gasteiger partial charge in [0, 0.05) is 18.7 Å². The van der Waals surface area contributed by atoms with Crippen LogP contribution in [0.5, 0.6) is 5.75 Å². The summed E-state index contributed by atoms with van der Waals surface area (Å²) >= 11 is 6.12. The molecule has 2 rings (SSSR count). The smallest absolute Gasteiger partial charge is 0.253 e. The van der Waals surface area contributed by atoms with Crippen molar-refractivity contribution < 1.29 is 14.3 Å². The van der Waals surface area contributed by atoms with Crippen molar-refractivity contribution in [1.82, 2.24) is 15.5 Å². The number of hydrogen-bond acceptors (Lipinski definition) is 4. The predicted octanol–water partition coefficient (Wildman–Crippen LogP) is 4.13. The highest BCUT2D eigenvalue weighted by molar-refractivity contribution is 6.33. The summed E-state index contributed by atoms with van der Waals surface area (Å²) in [5, 5.41) is 6.10. The van der Waals surface area contributed by atoms with E-state index in [4.69, 9.17) is 16.3 Å². The molecule has 0 aliphatic carbocycles. The Morgan fingerprint density at radius 1 is 1.03 bits per heavy atom. The van der Waals surface area contributed by atoms with Crippen molar-refractivity contribution in [3.05, 3.63) is 64.7 Å². The molecule has 0 aromatic heterocycles. The van der Waals surface area contributed by atoms with Crippen LogP contribution in [0.25, 0.3) is 0 Å². The number of halogens is 1. The van der Waals surface area contributed by atoms with Crippen LogP contribution in [0.15, 0.2) is 48.5 Å². The molecule has 0 radical (unpaired) electrons. The Hall–Kier alpha value is -2.57. The molecule has 0 saturated carbocycles. The molecule has 0 bridgehead atoms. The first-order chi connectivity index (χ1) is 15.4. The van der Waals surface area contributed by atoms with Gasteiger partial charge in [-0.05, 0) is 37.2 Å². The molecule has 174 valence electrons. The van der Waals surface area contributed by atoms with E-state index in [-0.39, 0.29) is 17.7 Å². The van der Waals surface area contributed by atoms with E-state index in [1.54, 1.807) is 24.3 Å². The molecule has 0 saturated heterocycles. The Balaban J connectivity index is 1.99. The molecule has 0 aliphatic heterocycles. The summed E-state index contributed by atoms with van der Waals surface area (Å²) in [5.41, 5.74) is 1.24. The maximum Gasteiger partial charge on any atom is 0.253 e. The molecule has 6 nitrogen and oxygen atoms in total. The Morgan fingerprint density at radius 3 is 2.34 bits per heavy atom. The molecule has 2 amide bonds. The van der Waals surface area contributed by atoms with Crippen LogP contribution in [-0.2, 0) is 11.3 Å². The fourth-order valence-corrected chi connectivity index (χ4v) is 3.53. The fraction of sp³-hybridized carbons (Fsp3) is 0.440. The van der Waals surface area contributed by atoms with Crippen molar-refractivity contribution >= 4 is 23.4 Å². The van der Waals surface area contributed by atoms with Crippen molar-refractivity contribution in [2.75, 3.05) is 26.2 Å². The molecule has 2 aromatic carbocycles. The van der Waals surface area contributed by atoms with Crippen LogP contribution < -0.4 is 15.4 Å². The molecular weight excluding hydrogens is 426 g/mol. The average molecular weight is 460 g/mol. The van der Waals surface area contributed by atoms with E-state index in [9.17, 15) is 9.59 Å². The molecule has 2 aromatic rings. The van der Waals surface area contributed by atoms with Gasteiger partial charge < -0.3 is 20.3 Å². The monoisotopic (exact) mass is 459 g/mol. The Morgan fingerprint density at radius 2 is 1.69 bits per heavy atom. The zero-order valence-corrected chi connectivity index (χ0v) is 20.1. The van der Waals surface area contributed by atoms with Gasteiger partial charge in [-0.1, -0.05) is 69.6 Å². The fourth-order valence-electron chi connectivity index (χ4n) is 3.31. The van der Waals surface area contributed by atoms with E-state index in [1.807, 2.05) is 38.1 Å². The number of carbonyl (C=O) groups is 2. The van der Waals surface area contributed by atoms with Gasteiger partial charge in [-0.25, -0.2) is 0 Å². The number of nitrogens with zero attached hydrogens (tertiary/aromatic N) is 1. The molecular formula is C25H34ClN3O3. The normalized spacial score (nSPS) is 12.0. The van der Waals surface area contributed by atoms with Crippen LogP contribution in [0.4, 0.5) is 0 Å². The van der Waals surface area contributed by atoms with Gasteiger partial charge in [-0.3, -0.25) is 9.59 Å². The van der Waals surface area contributed by atoms with E-state index in [1.165, 1.54) is 0 Å². The summed E-state index contributed by atoms with van der Waals surface area (Å²) in [6.07, 6.45) is 0. The number of likely N-dealkylation sites (N-methyl/N-ethyl adjacent to an activating group) is 1. The summed E-state index contributed by atoms with van der Waals surface area (Å²) in [6.45, 7) is 11.7. The van der Waals surface area contributed by atoms with E-state index in [0.29, 0.717) is 23.7 Å². The lowest BCUT2D eigenvalue weighted by molar-refractivity contribution is -0.124. The van der Waals surface area contributed by atoms with E-state index in [0.717, 1.165) is 30.9 Å². The summed E-state index contributed by atoms with van der Waals surface area (Å²) in [4.78, 5) is 27.8. The van der Waals surface area contributed by atoms with Gasteiger partial charge in [0.25, 0.3) is 5.91 Å². The maximum absolute atomic E-state index is 12.9. The molecule has 1 unspecified atom stereocenters. The number of rotatable bonds is 12. The molecule has 0 spiro atoms. The molecule has 2 N–H and O–H groups in total. The lowest BCUT2D eigenvalue weighted by Gasteiger charge is -2.22. The molecule has 0 fully saturated rings. The highest BCUT2D eigenvalue weighted by Gasteiger charge is 2.25. The van der Waals surface area contributed by atoms with Crippen LogP contribution in [0.2, 0.25) is 5.02 Å². The number of benzene rings is 2. The predicted molar refractivity (Wildman–Crippen MR) is 129 cm³/mol. The third-order valence-corrected chi connectivity index (χ3v) is 5.67. The first kappa shape index (κ1) is 25.7. The minimum absolute atomic E-state index is 0.0954. The number of hydrogen-bond donors (Lipinski definition) is 2. The number of para-hydroxylation sites is 1. The van der Waals surface area contributed by atoms with E-state index >= 15 is 0 Å². The summed E-state index contributed by atoms with van der Waals surface area (Å²) < 4.78 is 5.97.